The lowest BCUT2D eigenvalue weighted by Crippen LogP contribution is -2.29. The fourth-order valence-electron chi connectivity index (χ4n) is 6.98. The van der Waals surface area contributed by atoms with E-state index in [1.165, 1.54) is 70.6 Å². The van der Waals surface area contributed by atoms with E-state index in [2.05, 4.69) is 18.4 Å². The minimum Gasteiger partial charge on any atom is -0.462 e. The van der Waals surface area contributed by atoms with Crippen molar-refractivity contribution in [1.82, 2.24) is 0 Å². The molecule has 0 saturated heterocycles. The summed E-state index contributed by atoms with van der Waals surface area (Å²) >= 11 is 0. The first kappa shape index (κ1) is 49.4. The molecule has 310 valence electrons. The largest absolute Gasteiger partial charge is 0.469 e. The van der Waals surface area contributed by atoms with Crippen LogP contribution in [0.2, 0.25) is 0 Å². The van der Waals surface area contributed by atoms with Gasteiger partial charge in [0.15, 0.2) is 6.10 Å². The normalized spacial score (nSPS) is 18.8. The van der Waals surface area contributed by atoms with Crippen molar-refractivity contribution in [2.45, 2.75) is 206 Å². The molecule has 12 heteroatoms. The number of allylic oxidation sites excluding steroid dienone is 1. The van der Waals surface area contributed by atoms with Crippen LogP contribution in [0.25, 0.3) is 0 Å². The van der Waals surface area contributed by atoms with E-state index in [0.717, 1.165) is 51.4 Å². The molecule has 0 amide bonds. The molecule has 0 aromatic rings. The second-order valence-corrected chi connectivity index (χ2v) is 16.3. The van der Waals surface area contributed by atoms with Gasteiger partial charge in [0, 0.05) is 25.2 Å². The molecule has 1 saturated carbocycles. The van der Waals surface area contributed by atoms with Gasteiger partial charge < -0.3 is 29.5 Å². The predicted molar refractivity (Wildman–Crippen MR) is 208 cm³/mol. The number of rotatable bonds is 35. The van der Waals surface area contributed by atoms with E-state index >= 15 is 0 Å². The smallest absolute Gasteiger partial charge is 0.462 e. The Kier molecular flexibility index (Phi) is 29.4. The quantitative estimate of drug-likeness (QED) is 0.0209. The molecule has 11 nitrogen and oxygen atoms in total. The summed E-state index contributed by atoms with van der Waals surface area (Å²) in [6, 6.07) is 0. The zero-order valence-corrected chi connectivity index (χ0v) is 34.0. The monoisotopic (exact) mass is 775 g/mol. The molecule has 1 fully saturated rings. The van der Waals surface area contributed by atoms with E-state index in [9.17, 15) is 29.2 Å². The van der Waals surface area contributed by atoms with E-state index in [-0.39, 0.29) is 37.6 Å². The maximum atomic E-state index is 12.5. The molecule has 1 aliphatic rings. The number of carbonyl (C=O) groups is 3. The van der Waals surface area contributed by atoms with Gasteiger partial charge in [-0.25, -0.2) is 4.57 Å². The first-order valence-corrected chi connectivity index (χ1v) is 22.6. The average molecular weight is 775 g/mol. The van der Waals surface area contributed by atoms with Gasteiger partial charge in [0.2, 0.25) is 0 Å². The number of aliphatic hydroxyl groups is 2. The Morgan fingerprint density at radius 1 is 0.736 bits per heavy atom. The molecule has 0 aromatic heterocycles. The number of unbranched alkanes of at least 4 members (excludes halogenated alkanes) is 19. The van der Waals surface area contributed by atoms with E-state index in [1.54, 1.807) is 12.2 Å². The van der Waals surface area contributed by atoms with Crippen molar-refractivity contribution in [3.63, 3.8) is 0 Å². The van der Waals surface area contributed by atoms with Crippen molar-refractivity contribution in [2.75, 3.05) is 13.2 Å². The Bertz CT molecular complexity index is 1030. The van der Waals surface area contributed by atoms with Crippen LogP contribution in [0.1, 0.15) is 187 Å². The number of hydrogen-bond donors (Lipinski definition) is 4. The van der Waals surface area contributed by atoms with E-state index in [4.69, 9.17) is 19.3 Å². The highest BCUT2D eigenvalue weighted by atomic mass is 31.2. The van der Waals surface area contributed by atoms with Crippen molar-refractivity contribution in [2.24, 2.45) is 11.8 Å². The zero-order valence-electron chi connectivity index (χ0n) is 33.1. The second kappa shape index (κ2) is 31.6. The van der Waals surface area contributed by atoms with Gasteiger partial charge in [0.25, 0.3) is 0 Å². The van der Waals surface area contributed by atoms with Gasteiger partial charge in [-0.1, -0.05) is 154 Å². The van der Waals surface area contributed by atoms with Gasteiger partial charge in [-0.15, -0.1) is 0 Å². The molecule has 1 rings (SSSR count). The third-order valence-electron chi connectivity index (χ3n) is 10.2. The summed E-state index contributed by atoms with van der Waals surface area (Å²) in [4.78, 5) is 55.5. The Morgan fingerprint density at radius 2 is 1.23 bits per heavy atom. The minimum atomic E-state index is -4.82. The van der Waals surface area contributed by atoms with Crippen LogP contribution < -0.4 is 0 Å². The molecular weight excluding hydrogens is 699 g/mol. The molecule has 5 atom stereocenters. The van der Waals surface area contributed by atoms with Crippen molar-refractivity contribution < 1.29 is 52.9 Å². The van der Waals surface area contributed by atoms with Crippen LogP contribution >= 0.6 is 7.82 Å². The number of ether oxygens (including phenoxy) is 2. The van der Waals surface area contributed by atoms with Crippen LogP contribution in [0.15, 0.2) is 12.2 Å². The molecule has 0 aromatic carbocycles. The van der Waals surface area contributed by atoms with Gasteiger partial charge in [-0.05, 0) is 31.6 Å². The number of hydrogen-bond acceptors (Lipinski definition) is 9. The highest BCUT2D eigenvalue weighted by Gasteiger charge is 2.39. The van der Waals surface area contributed by atoms with Crippen LogP contribution in [-0.4, -0.2) is 69.2 Å². The lowest BCUT2D eigenvalue weighted by molar-refractivity contribution is -0.161. The molecule has 0 spiro atoms. The molecule has 0 aliphatic heterocycles. The highest BCUT2D eigenvalue weighted by molar-refractivity contribution is 7.46. The third-order valence-corrected chi connectivity index (χ3v) is 10.7. The third kappa shape index (κ3) is 27.6. The minimum absolute atomic E-state index is 0.00441. The van der Waals surface area contributed by atoms with Crippen molar-refractivity contribution >= 4 is 25.5 Å². The molecular formula is C41H75O11P. The van der Waals surface area contributed by atoms with Crippen molar-refractivity contribution in [1.29, 1.82) is 0 Å². The number of esters is 2. The summed E-state index contributed by atoms with van der Waals surface area (Å²) in [7, 11) is -4.82. The van der Waals surface area contributed by atoms with Gasteiger partial charge >= 0.3 is 19.8 Å². The van der Waals surface area contributed by atoms with E-state index < -0.39 is 50.6 Å². The fraction of sp³-hybridized carbons (Fsp3) is 0.878. The lowest BCUT2D eigenvalue weighted by Gasteiger charge is -2.19. The number of ketones is 1. The molecule has 0 radical (unpaired) electrons. The number of carbonyl (C=O) groups excluding carboxylic acids is 3. The Morgan fingerprint density at radius 3 is 1.77 bits per heavy atom. The van der Waals surface area contributed by atoms with Crippen LogP contribution in [-0.2, 0) is 32.9 Å². The molecule has 53 heavy (non-hydrogen) atoms. The van der Waals surface area contributed by atoms with Gasteiger partial charge in [0.1, 0.15) is 12.4 Å². The van der Waals surface area contributed by atoms with Crippen LogP contribution in [0, 0.1) is 11.8 Å². The maximum absolute atomic E-state index is 12.5. The summed E-state index contributed by atoms with van der Waals surface area (Å²) in [6.45, 7) is 3.40. The molecule has 0 heterocycles. The number of phosphoric acid groups is 1. The van der Waals surface area contributed by atoms with E-state index in [0.29, 0.717) is 32.1 Å². The average Bonchev–Trinajstić information content (AvgIpc) is 3.38. The lowest BCUT2D eigenvalue weighted by atomic mass is 9.88. The Hall–Kier alpha value is -1.62. The van der Waals surface area contributed by atoms with Crippen LogP contribution in [0.4, 0.5) is 0 Å². The summed E-state index contributed by atoms with van der Waals surface area (Å²) < 4.78 is 26.4. The van der Waals surface area contributed by atoms with Crippen LogP contribution in [0.3, 0.4) is 0 Å². The predicted octanol–water partition coefficient (Wildman–Crippen LogP) is 9.22. The SMILES string of the molecule is CCCCCCCCCCCCCCCCCC(=O)OC[C@H](COP(=O)(O)O)OC(=O)CCCCCC[C@H]1[C@@H](O)CC(=O)[C@@H]1/C=C/[C@@H](O)CCCCC. The molecule has 0 bridgehead atoms. The van der Waals surface area contributed by atoms with Gasteiger partial charge in [-0.2, -0.15) is 0 Å². The summed E-state index contributed by atoms with van der Waals surface area (Å²) in [6.07, 6.45) is 26.9. The van der Waals surface area contributed by atoms with Crippen molar-refractivity contribution in [3.8, 4) is 0 Å². The number of phosphoric ester groups is 1. The van der Waals surface area contributed by atoms with Crippen molar-refractivity contribution in [3.05, 3.63) is 12.2 Å². The van der Waals surface area contributed by atoms with Crippen LogP contribution in [0.5, 0.6) is 0 Å². The fourth-order valence-corrected chi connectivity index (χ4v) is 7.34. The molecule has 4 N–H and O–H groups in total. The summed E-state index contributed by atoms with van der Waals surface area (Å²) in [5, 5.41) is 20.7. The standard InChI is InChI=1S/C41H75O11P/c1-3-5-7-8-9-10-11-12-13-14-15-16-17-18-23-27-40(45)50-32-35(33-51-53(47,48)49)52-41(46)28-24-20-19-22-26-36-37(39(44)31-38(36)43)30-29-34(42)25-21-6-4-2/h29-30,34-38,42-43H,3-28,31-33H2,1-2H3,(H2,47,48,49)/b30-29+/t34-,35+,36+,37+,38-/m0/s1. The van der Waals surface area contributed by atoms with Gasteiger partial charge in [0.05, 0.1) is 18.8 Å². The van der Waals surface area contributed by atoms with Gasteiger partial charge in [-0.3, -0.25) is 18.9 Å². The number of aliphatic hydroxyl groups excluding tert-OH is 2. The summed E-state index contributed by atoms with van der Waals surface area (Å²) in [5.41, 5.74) is 0. The Balaban J connectivity index is 2.26. The summed E-state index contributed by atoms with van der Waals surface area (Å²) in [5.74, 6) is -1.63. The molecule has 1 aliphatic carbocycles. The topological polar surface area (TPSA) is 177 Å². The zero-order chi connectivity index (χ0) is 39.2. The Labute approximate surface area is 320 Å². The first-order valence-electron chi connectivity index (χ1n) is 21.1. The molecule has 0 unspecified atom stereocenters. The highest BCUT2D eigenvalue weighted by Crippen LogP contribution is 2.36. The maximum Gasteiger partial charge on any atom is 0.469 e. The second-order valence-electron chi connectivity index (χ2n) is 15.1. The number of Topliss-reactive ketones (excluding diaryl/α,β-unsaturated/α-hetero) is 1. The first-order chi connectivity index (χ1) is 25.5. The van der Waals surface area contributed by atoms with E-state index in [1.807, 2.05) is 0 Å².